The molecule has 0 fully saturated rings. The van der Waals surface area contributed by atoms with Crippen molar-refractivity contribution in [3.05, 3.63) is 212 Å². The van der Waals surface area contributed by atoms with Gasteiger partial charge in [0, 0.05) is 62.4 Å². The average Bonchev–Trinajstić information content (AvgIpc) is 3.83. The van der Waals surface area contributed by atoms with Gasteiger partial charge in [0.2, 0.25) is 0 Å². The molecule has 0 radical (unpaired) electrons. The van der Waals surface area contributed by atoms with E-state index in [-0.39, 0.29) is 0 Å². The standard InChI is InChI=1S/C54H35NO2S2/c1-3-13-36(14-4-1)37-23-25-39(26-24-37)55(38-15-5-2-6-16-38)40-27-29-41(30-28-40)59(42-31-32-44-43-17-7-11-21-49(43)58-50(44)35-42)51-22-12-8-18-45(51)53-52(59)34-33-48-54(53)57-47-20-10-9-19-46(47)56-48/h1-35H. The summed E-state index contributed by atoms with van der Waals surface area (Å²) in [5.41, 5.74) is 7.97. The molecule has 5 heteroatoms. The van der Waals surface area contributed by atoms with Crippen LogP contribution >= 0.6 is 21.4 Å². The number of nitrogens with zero attached hydrogens (tertiary/aromatic N) is 1. The first-order chi connectivity index (χ1) is 29.2. The number of ether oxygens (including phenoxy) is 2. The second kappa shape index (κ2) is 13.5. The van der Waals surface area contributed by atoms with E-state index in [0.29, 0.717) is 0 Å². The molecule has 10 aromatic rings. The molecular weight excluding hydrogens is 759 g/mol. The highest BCUT2D eigenvalue weighted by atomic mass is 32.3. The topological polar surface area (TPSA) is 21.7 Å². The van der Waals surface area contributed by atoms with E-state index in [1.54, 1.807) is 0 Å². The Kier molecular flexibility index (Phi) is 7.80. The molecule has 0 bridgehead atoms. The third-order valence-corrected chi connectivity index (χ3v) is 16.7. The largest absolute Gasteiger partial charge is 0.449 e. The summed E-state index contributed by atoms with van der Waals surface area (Å²) in [4.78, 5) is 7.46. The van der Waals surface area contributed by atoms with Gasteiger partial charge in [0.15, 0.2) is 23.0 Å². The van der Waals surface area contributed by atoms with Crippen LogP contribution in [-0.2, 0) is 0 Å². The Labute approximate surface area is 348 Å². The highest BCUT2D eigenvalue weighted by Gasteiger charge is 2.45. The highest BCUT2D eigenvalue weighted by molar-refractivity contribution is 8.34. The number of para-hydroxylation sites is 3. The molecule has 0 N–H and O–H groups in total. The highest BCUT2D eigenvalue weighted by Crippen LogP contribution is 2.82. The first kappa shape index (κ1) is 34.0. The molecule has 2 aliphatic heterocycles. The van der Waals surface area contributed by atoms with Crippen molar-refractivity contribution in [2.75, 3.05) is 4.90 Å². The minimum Gasteiger partial charge on any atom is -0.449 e. The third-order valence-electron chi connectivity index (χ3n) is 11.6. The smallest absolute Gasteiger partial charge is 0.179 e. The summed E-state index contributed by atoms with van der Waals surface area (Å²) in [7, 11) is -2.03. The quantitative estimate of drug-likeness (QED) is 0.167. The number of benzene rings is 9. The van der Waals surface area contributed by atoms with Gasteiger partial charge in [-0.3, -0.25) is 0 Å². The lowest BCUT2D eigenvalue weighted by Crippen LogP contribution is -2.10. The van der Waals surface area contributed by atoms with E-state index in [4.69, 9.17) is 9.47 Å². The molecule has 0 amide bonds. The third kappa shape index (κ3) is 5.29. The summed E-state index contributed by atoms with van der Waals surface area (Å²) in [5, 5.41) is 2.59. The van der Waals surface area contributed by atoms with Crippen molar-refractivity contribution < 1.29 is 9.47 Å². The van der Waals surface area contributed by atoms with E-state index in [2.05, 4.69) is 193 Å². The Bertz CT molecular complexity index is 3220. The van der Waals surface area contributed by atoms with E-state index in [1.165, 1.54) is 56.4 Å². The summed E-state index contributed by atoms with van der Waals surface area (Å²) in [6, 6.07) is 76.6. The van der Waals surface area contributed by atoms with Crippen LogP contribution in [0.2, 0.25) is 0 Å². The molecule has 3 nitrogen and oxygen atoms in total. The van der Waals surface area contributed by atoms with Crippen LogP contribution in [0.4, 0.5) is 17.1 Å². The van der Waals surface area contributed by atoms with Crippen LogP contribution in [-0.4, -0.2) is 0 Å². The zero-order chi connectivity index (χ0) is 38.9. The van der Waals surface area contributed by atoms with E-state index in [9.17, 15) is 0 Å². The van der Waals surface area contributed by atoms with E-state index < -0.39 is 10.0 Å². The van der Waals surface area contributed by atoms with Gasteiger partial charge in [0.1, 0.15) is 0 Å². The van der Waals surface area contributed by atoms with Crippen LogP contribution in [0, 0.1) is 0 Å². The molecule has 280 valence electrons. The fraction of sp³-hybridized carbons (Fsp3) is 0. The second-order valence-corrected chi connectivity index (χ2v) is 19.0. The predicted molar refractivity (Wildman–Crippen MR) is 245 cm³/mol. The summed E-state index contributed by atoms with van der Waals surface area (Å²) in [6.07, 6.45) is 0. The Balaban J connectivity index is 1.07. The van der Waals surface area contributed by atoms with Gasteiger partial charge in [-0.15, -0.1) is 21.4 Å². The SMILES string of the molecule is c1ccc(-c2ccc(N(c3ccccc3)c3ccc(S4(c5ccc6c(c5)sc5ccccc56)c5ccccc5-c5c4ccc4c5Oc5ccccc5O4)cc3)cc2)cc1. The molecule has 0 aliphatic carbocycles. The lowest BCUT2D eigenvalue weighted by Gasteiger charge is -2.40. The van der Waals surface area contributed by atoms with Gasteiger partial charge >= 0.3 is 0 Å². The van der Waals surface area contributed by atoms with Gasteiger partial charge < -0.3 is 14.4 Å². The number of thiophene rings is 1. The van der Waals surface area contributed by atoms with Gasteiger partial charge in [-0.1, -0.05) is 115 Å². The molecular formula is C54H35NO2S2. The number of rotatable bonds is 6. The van der Waals surface area contributed by atoms with Crippen LogP contribution in [0.1, 0.15) is 0 Å². The van der Waals surface area contributed by atoms with Gasteiger partial charge in [0.05, 0.1) is 0 Å². The summed E-state index contributed by atoms with van der Waals surface area (Å²) < 4.78 is 15.9. The van der Waals surface area contributed by atoms with E-state index in [1.807, 2.05) is 35.6 Å². The fourth-order valence-electron chi connectivity index (χ4n) is 8.94. The Morgan fingerprint density at radius 2 is 0.983 bits per heavy atom. The van der Waals surface area contributed by atoms with E-state index >= 15 is 0 Å². The number of anilines is 3. The molecule has 0 spiro atoms. The van der Waals surface area contributed by atoms with Crippen LogP contribution < -0.4 is 14.4 Å². The fourth-order valence-corrected chi connectivity index (χ4v) is 14.4. The monoisotopic (exact) mass is 793 g/mol. The number of hydrogen-bond donors (Lipinski definition) is 0. The number of fused-ring (bicyclic) bond motifs is 9. The Morgan fingerprint density at radius 1 is 0.390 bits per heavy atom. The molecule has 1 aromatic heterocycles. The van der Waals surface area contributed by atoms with Gasteiger partial charge in [0.25, 0.3) is 0 Å². The van der Waals surface area contributed by atoms with Crippen molar-refractivity contribution in [1.82, 2.24) is 0 Å². The van der Waals surface area contributed by atoms with Crippen molar-refractivity contribution in [2.45, 2.75) is 19.6 Å². The van der Waals surface area contributed by atoms with Crippen molar-refractivity contribution in [2.24, 2.45) is 0 Å². The molecule has 1 atom stereocenters. The maximum atomic E-state index is 6.82. The zero-order valence-corrected chi connectivity index (χ0v) is 33.4. The maximum absolute atomic E-state index is 6.82. The van der Waals surface area contributed by atoms with E-state index in [0.717, 1.165) is 45.6 Å². The molecule has 12 rings (SSSR count). The molecule has 0 saturated carbocycles. The maximum Gasteiger partial charge on any atom is 0.179 e. The molecule has 59 heavy (non-hydrogen) atoms. The molecule has 9 aromatic carbocycles. The minimum atomic E-state index is -2.03. The first-order valence-corrected chi connectivity index (χ1v) is 22.3. The van der Waals surface area contributed by atoms with Gasteiger partial charge in [-0.25, -0.2) is 0 Å². The Morgan fingerprint density at radius 3 is 1.78 bits per heavy atom. The van der Waals surface area contributed by atoms with Crippen LogP contribution in [0.15, 0.2) is 232 Å². The summed E-state index contributed by atoms with van der Waals surface area (Å²) in [5.74, 6) is 2.97. The van der Waals surface area contributed by atoms with Crippen LogP contribution in [0.25, 0.3) is 42.4 Å². The van der Waals surface area contributed by atoms with Crippen molar-refractivity contribution in [3.8, 4) is 45.3 Å². The molecule has 1 unspecified atom stereocenters. The lowest BCUT2D eigenvalue weighted by molar-refractivity contribution is 0.360. The van der Waals surface area contributed by atoms with Crippen molar-refractivity contribution >= 4 is 58.6 Å². The normalized spacial score (nSPS) is 15.9. The van der Waals surface area contributed by atoms with Gasteiger partial charge in [-0.05, 0) is 114 Å². The summed E-state index contributed by atoms with van der Waals surface area (Å²) in [6.45, 7) is 0. The van der Waals surface area contributed by atoms with Gasteiger partial charge in [-0.2, -0.15) is 0 Å². The van der Waals surface area contributed by atoms with Crippen LogP contribution in [0.5, 0.6) is 23.0 Å². The average molecular weight is 794 g/mol. The molecule has 3 heterocycles. The summed E-state index contributed by atoms with van der Waals surface area (Å²) >= 11 is 1.87. The zero-order valence-electron chi connectivity index (χ0n) is 31.8. The minimum absolute atomic E-state index is 0.729. The second-order valence-electron chi connectivity index (χ2n) is 14.9. The molecule has 0 saturated heterocycles. The van der Waals surface area contributed by atoms with Crippen LogP contribution in [0.3, 0.4) is 0 Å². The lowest BCUT2D eigenvalue weighted by atomic mass is 10.0. The number of hydrogen-bond acceptors (Lipinski definition) is 4. The molecule has 2 aliphatic rings. The van der Waals surface area contributed by atoms with Crippen molar-refractivity contribution in [1.29, 1.82) is 0 Å². The predicted octanol–water partition coefficient (Wildman–Crippen LogP) is 16.4. The van der Waals surface area contributed by atoms with Crippen molar-refractivity contribution in [3.63, 3.8) is 0 Å². The first-order valence-electron chi connectivity index (χ1n) is 19.8. The Hall–Kier alpha value is -7.05.